The Morgan fingerprint density at radius 3 is 2.62 bits per heavy atom. The van der Waals surface area contributed by atoms with Gasteiger partial charge in [0.15, 0.2) is 0 Å². The minimum atomic E-state index is -0.132. The maximum absolute atomic E-state index is 12.6. The number of carbonyl (C=O) groups is 2. The van der Waals surface area contributed by atoms with Crippen LogP contribution in [0.3, 0.4) is 0 Å². The van der Waals surface area contributed by atoms with Crippen LogP contribution in [0.2, 0.25) is 0 Å². The molecule has 1 saturated heterocycles. The Kier molecular flexibility index (Phi) is 5.79. The molecule has 2 amide bonds. The van der Waals surface area contributed by atoms with E-state index in [2.05, 4.69) is 34.4 Å². The lowest BCUT2D eigenvalue weighted by molar-refractivity contribution is -0.125. The first kappa shape index (κ1) is 18.7. The third-order valence-electron chi connectivity index (χ3n) is 5.83. The van der Waals surface area contributed by atoms with Crippen molar-refractivity contribution in [3.8, 4) is 0 Å². The molecule has 1 saturated carbocycles. The predicted molar refractivity (Wildman–Crippen MR) is 102 cm³/mol. The Balaban J connectivity index is 1.77. The number of amides is 2. The van der Waals surface area contributed by atoms with Crippen molar-refractivity contribution in [1.82, 2.24) is 15.6 Å². The van der Waals surface area contributed by atoms with Crippen molar-refractivity contribution >= 4 is 17.6 Å². The summed E-state index contributed by atoms with van der Waals surface area (Å²) in [6, 6.07) is 3.68. The van der Waals surface area contributed by atoms with Gasteiger partial charge in [-0.2, -0.15) is 0 Å². The van der Waals surface area contributed by atoms with Crippen LogP contribution in [-0.2, 0) is 4.79 Å². The Hall–Kier alpha value is -2.11. The van der Waals surface area contributed by atoms with Gasteiger partial charge in [-0.15, -0.1) is 0 Å². The highest BCUT2D eigenvalue weighted by molar-refractivity contribution is 5.98. The molecule has 2 aliphatic rings. The lowest BCUT2D eigenvalue weighted by Crippen LogP contribution is -2.44. The summed E-state index contributed by atoms with van der Waals surface area (Å²) in [7, 11) is 1.63. The average Bonchev–Trinajstić information content (AvgIpc) is 3.31. The molecule has 0 aromatic carbocycles. The Bertz CT molecular complexity index is 655. The van der Waals surface area contributed by atoms with Crippen LogP contribution in [0.25, 0.3) is 0 Å². The summed E-state index contributed by atoms with van der Waals surface area (Å²) in [6.45, 7) is 5.89. The zero-order chi connectivity index (χ0) is 18.7. The van der Waals surface area contributed by atoms with Crippen LogP contribution < -0.4 is 15.5 Å². The SMILES string of the molecule is CNC(=O)c1cccnc1N1C[C@@H](NC(=O)C2CCCC2)[C@H](C(C)C)C1. The molecular formula is C20H30N4O2. The fourth-order valence-corrected chi connectivity index (χ4v) is 4.28. The van der Waals surface area contributed by atoms with Crippen molar-refractivity contribution in [2.45, 2.75) is 45.6 Å². The highest BCUT2D eigenvalue weighted by Crippen LogP contribution is 2.31. The van der Waals surface area contributed by atoms with E-state index in [0.717, 1.165) is 32.2 Å². The molecule has 2 atom stereocenters. The van der Waals surface area contributed by atoms with Gasteiger partial charge in [-0.25, -0.2) is 4.98 Å². The fourth-order valence-electron chi connectivity index (χ4n) is 4.28. The second-order valence-electron chi connectivity index (χ2n) is 7.86. The zero-order valence-corrected chi connectivity index (χ0v) is 16.0. The second kappa shape index (κ2) is 8.06. The van der Waals surface area contributed by atoms with Gasteiger partial charge < -0.3 is 15.5 Å². The van der Waals surface area contributed by atoms with Crippen LogP contribution in [0.5, 0.6) is 0 Å². The number of nitrogens with zero attached hydrogens (tertiary/aromatic N) is 2. The maximum atomic E-state index is 12.6. The molecule has 0 spiro atoms. The fraction of sp³-hybridized carbons (Fsp3) is 0.650. The molecular weight excluding hydrogens is 328 g/mol. The number of nitrogens with one attached hydrogen (secondary N) is 2. The summed E-state index contributed by atoms with van der Waals surface area (Å²) in [5.74, 6) is 1.74. The molecule has 1 aliphatic heterocycles. The van der Waals surface area contributed by atoms with E-state index >= 15 is 0 Å². The first-order chi connectivity index (χ1) is 12.5. The van der Waals surface area contributed by atoms with Gasteiger partial charge in [0.2, 0.25) is 5.91 Å². The number of carbonyl (C=O) groups excluding carboxylic acids is 2. The third-order valence-corrected chi connectivity index (χ3v) is 5.83. The Labute approximate surface area is 155 Å². The molecule has 0 radical (unpaired) electrons. The Morgan fingerprint density at radius 1 is 1.23 bits per heavy atom. The highest BCUT2D eigenvalue weighted by Gasteiger charge is 2.38. The highest BCUT2D eigenvalue weighted by atomic mass is 16.2. The minimum Gasteiger partial charge on any atom is -0.355 e. The molecule has 2 heterocycles. The van der Waals surface area contributed by atoms with E-state index in [4.69, 9.17) is 0 Å². The van der Waals surface area contributed by atoms with Crippen molar-refractivity contribution in [2.24, 2.45) is 17.8 Å². The molecule has 0 unspecified atom stereocenters. The van der Waals surface area contributed by atoms with E-state index in [0.29, 0.717) is 29.8 Å². The second-order valence-corrected chi connectivity index (χ2v) is 7.86. The Morgan fingerprint density at radius 2 is 1.96 bits per heavy atom. The van der Waals surface area contributed by atoms with Gasteiger partial charge in [0.25, 0.3) is 5.91 Å². The van der Waals surface area contributed by atoms with Crippen molar-refractivity contribution in [3.63, 3.8) is 0 Å². The van der Waals surface area contributed by atoms with Crippen molar-refractivity contribution in [1.29, 1.82) is 0 Å². The molecule has 0 bridgehead atoms. The number of rotatable bonds is 5. The smallest absolute Gasteiger partial charge is 0.254 e. The van der Waals surface area contributed by atoms with E-state index in [1.54, 1.807) is 25.4 Å². The summed E-state index contributed by atoms with van der Waals surface area (Å²) in [5.41, 5.74) is 0.584. The molecule has 1 aliphatic carbocycles. The van der Waals surface area contributed by atoms with Gasteiger partial charge in [0, 0.05) is 38.2 Å². The van der Waals surface area contributed by atoms with Crippen LogP contribution in [0, 0.1) is 17.8 Å². The normalized spacial score (nSPS) is 23.5. The molecule has 1 aromatic rings. The van der Waals surface area contributed by atoms with Gasteiger partial charge in [-0.1, -0.05) is 26.7 Å². The van der Waals surface area contributed by atoms with Gasteiger partial charge in [-0.3, -0.25) is 9.59 Å². The number of hydrogen-bond acceptors (Lipinski definition) is 4. The lowest BCUT2D eigenvalue weighted by Gasteiger charge is -2.24. The number of pyridine rings is 1. The summed E-state index contributed by atoms with van der Waals surface area (Å²) in [5, 5.41) is 5.99. The maximum Gasteiger partial charge on any atom is 0.254 e. The summed E-state index contributed by atoms with van der Waals surface area (Å²) in [6.07, 6.45) is 6.06. The molecule has 2 fully saturated rings. The minimum absolute atomic E-state index is 0.0997. The van der Waals surface area contributed by atoms with Crippen molar-refractivity contribution in [3.05, 3.63) is 23.9 Å². The molecule has 6 heteroatoms. The van der Waals surface area contributed by atoms with Crippen LogP contribution in [0.15, 0.2) is 18.3 Å². The standard InChI is InChI=1S/C20H30N4O2/c1-13(2)16-11-24(18-15(20(26)21-3)9-6-10-22-18)12-17(16)23-19(25)14-7-4-5-8-14/h6,9-10,13-14,16-17H,4-5,7-8,11-12H2,1-3H3,(H,21,26)(H,23,25)/t16-,17+/m0/s1. The lowest BCUT2D eigenvalue weighted by atomic mass is 9.91. The van der Waals surface area contributed by atoms with Crippen LogP contribution >= 0.6 is 0 Å². The largest absolute Gasteiger partial charge is 0.355 e. The monoisotopic (exact) mass is 358 g/mol. The summed E-state index contributed by atoms with van der Waals surface area (Å²) < 4.78 is 0. The first-order valence-electron chi connectivity index (χ1n) is 9.73. The molecule has 6 nitrogen and oxygen atoms in total. The molecule has 3 rings (SSSR count). The van der Waals surface area contributed by atoms with Gasteiger partial charge in [0.1, 0.15) is 5.82 Å². The van der Waals surface area contributed by atoms with Gasteiger partial charge in [0.05, 0.1) is 11.6 Å². The van der Waals surface area contributed by atoms with Crippen LogP contribution in [-0.4, -0.2) is 43.0 Å². The van der Waals surface area contributed by atoms with E-state index in [1.807, 2.05) is 0 Å². The first-order valence-corrected chi connectivity index (χ1v) is 9.73. The van der Waals surface area contributed by atoms with E-state index in [9.17, 15) is 9.59 Å². The van der Waals surface area contributed by atoms with Crippen LogP contribution in [0.4, 0.5) is 5.82 Å². The quantitative estimate of drug-likeness (QED) is 0.846. The number of hydrogen-bond donors (Lipinski definition) is 2. The van der Waals surface area contributed by atoms with E-state index in [-0.39, 0.29) is 23.8 Å². The van der Waals surface area contributed by atoms with E-state index in [1.165, 1.54) is 0 Å². The van der Waals surface area contributed by atoms with Crippen LogP contribution in [0.1, 0.15) is 49.9 Å². The van der Waals surface area contributed by atoms with Gasteiger partial charge in [-0.05, 0) is 30.9 Å². The molecule has 142 valence electrons. The molecule has 1 aromatic heterocycles. The number of anilines is 1. The average molecular weight is 358 g/mol. The molecule has 26 heavy (non-hydrogen) atoms. The van der Waals surface area contributed by atoms with Crippen molar-refractivity contribution < 1.29 is 9.59 Å². The summed E-state index contributed by atoms with van der Waals surface area (Å²) >= 11 is 0. The van der Waals surface area contributed by atoms with Crippen molar-refractivity contribution in [2.75, 3.05) is 25.0 Å². The zero-order valence-electron chi connectivity index (χ0n) is 16.0. The summed E-state index contributed by atoms with van der Waals surface area (Å²) in [4.78, 5) is 31.4. The predicted octanol–water partition coefficient (Wildman–Crippen LogP) is 2.21. The van der Waals surface area contributed by atoms with E-state index < -0.39 is 0 Å². The van der Waals surface area contributed by atoms with Gasteiger partial charge >= 0.3 is 0 Å². The third kappa shape index (κ3) is 3.84. The number of aromatic nitrogens is 1. The topological polar surface area (TPSA) is 74.3 Å². The molecule has 2 N–H and O–H groups in total.